The van der Waals surface area contributed by atoms with Crippen LogP contribution in [0.5, 0.6) is 0 Å². The number of halogens is 1. The van der Waals surface area contributed by atoms with Crippen molar-refractivity contribution in [3.63, 3.8) is 0 Å². The molecule has 0 aliphatic heterocycles. The zero-order valence-corrected chi connectivity index (χ0v) is 20.6. The molecule has 0 aliphatic carbocycles. The Bertz CT molecular complexity index is 1880. The number of hydrogen-bond donors (Lipinski definition) is 3. The fraction of sp³-hybridized carbons (Fsp3) is 0.0714. The van der Waals surface area contributed by atoms with Crippen LogP contribution >= 0.6 is 0 Å². The molecule has 37 heavy (non-hydrogen) atoms. The Morgan fingerprint density at radius 2 is 1.70 bits per heavy atom. The first-order valence-electron chi connectivity index (χ1n) is 11.6. The van der Waals surface area contributed by atoms with E-state index in [1.54, 1.807) is 18.5 Å². The molecule has 0 atom stereocenters. The largest absolute Gasteiger partial charge is 0.352 e. The summed E-state index contributed by atoms with van der Waals surface area (Å²) < 4.78 is 39.9. The van der Waals surface area contributed by atoms with Crippen molar-refractivity contribution in [2.75, 3.05) is 6.26 Å². The van der Waals surface area contributed by atoms with E-state index in [2.05, 4.69) is 49.2 Å². The van der Waals surface area contributed by atoms with Crippen molar-refractivity contribution in [1.82, 2.24) is 24.9 Å². The number of nitrogens with one attached hydrogen (secondary N) is 3. The van der Waals surface area contributed by atoms with Crippen molar-refractivity contribution in [3.05, 3.63) is 96.6 Å². The van der Waals surface area contributed by atoms with Gasteiger partial charge in [-0.05, 0) is 58.7 Å². The monoisotopic (exact) mass is 511 g/mol. The van der Waals surface area contributed by atoms with Gasteiger partial charge in [0.2, 0.25) is 10.0 Å². The molecule has 6 rings (SSSR count). The van der Waals surface area contributed by atoms with Crippen LogP contribution in [0.3, 0.4) is 0 Å². The van der Waals surface area contributed by atoms with Crippen LogP contribution in [-0.2, 0) is 16.6 Å². The van der Waals surface area contributed by atoms with Crippen molar-refractivity contribution < 1.29 is 12.8 Å². The van der Waals surface area contributed by atoms with Gasteiger partial charge in [-0.25, -0.2) is 17.5 Å². The molecule has 0 unspecified atom stereocenters. The summed E-state index contributed by atoms with van der Waals surface area (Å²) >= 11 is 0. The summed E-state index contributed by atoms with van der Waals surface area (Å²) in [6, 6.07) is 22.8. The molecule has 6 aromatic rings. The zero-order chi connectivity index (χ0) is 25.6. The smallest absolute Gasteiger partial charge is 0.209 e. The lowest BCUT2D eigenvalue weighted by Crippen LogP contribution is -2.21. The highest BCUT2D eigenvalue weighted by molar-refractivity contribution is 7.88. The Labute approximate surface area is 212 Å². The van der Waals surface area contributed by atoms with Gasteiger partial charge in [-0.15, -0.1) is 0 Å². The molecule has 7 nitrogen and oxygen atoms in total. The number of benzene rings is 3. The third-order valence-corrected chi connectivity index (χ3v) is 6.95. The second-order valence-corrected chi connectivity index (χ2v) is 10.8. The molecule has 0 saturated carbocycles. The molecular formula is C28H22FN5O2S. The summed E-state index contributed by atoms with van der Waals surface area (Å²) in [7, 11) is -3.41. The fourth-order valence-electron chi connectivity index (χ4n) is 4.56. The molecule has 0 aliphatic rings. The van der Waals surface area contributed by atoms with E-state index in [0.717, 1.165) is 56.1 Å². The first kappa shape index (κ1) is 23.1. The highest BCUT2D eigenvalue weighted by Gasteiger charge is 2.15. The molecule has 3 aromatic carbocycles. The molecule has 0 bridgehead atoms. The van der Waals surface area contributed by atoms with Crippen LogP contribution in [0.1, 0.15) is 5.56 Å². The molecule has 9 heteroatoms. The summed E-state index contributed by atoms with van der Waals surface area (Å²) in [6.07, 6.45) is 4.47. The van der Waals surface area contributed by atoms with Gasteiger partial charge in [0, 0.05) is 29.1 Å². The summed E-state index contributed by atoms with van der Waals surface area (Å²) in [5.74, 6) is -0.456. The van der Waals surface area contributed by atoms with E-state index in [0.29, 0.717) is 11.1 Å². The first-order valence-corrected chi connectivity index (χ1v) is 13.5. The van der Waals surface area contributed by atoms with E-state index >= 15 is 0 Å². The normalized spacial score (nSPS) is 11.9. The van der Waals surface area contributed by atoms with E-state index in [-0.39, 0.29) is 6.54 Å². The minimum Gasteiger partial charge on any atom is -0.352 e. The van der Waals surface area contributed by atoms with Crippen LogP contribution in [0.25, 0.3) is 55.4 Å². The maximum Gasteiger partial charge on any atom is 0.209 e. The number of rotatable bonds is 6. The quantitative estimate of drug-likeness (QED) is 0.270. The minimum absolute atomic E-state index is 0.00556. The Hall–Kier alpha value is -4.34. The summed E-state index contributed by atoms with van der Waals surface area (Å²) in [4.78, 5) is 7.75. The number of sulfonamides is 1. The Morgan fingerprint density at radius 1 is 0.865 bits per heavy atom. The topological polar surface area (TPSA) is 104 Å². The highest BCUT2D eigenvalue weighted by atomic mass is 32.2. The van der Waals surface area contributed by atoms with Crippen molar-refractivity contribution in [1.29, 1.82) is 0 Å². The summed E-state index contributed by atoms with van der Waals surface area (Å²) in [5, 5.41) is 9.51. The number of aromatic amines is 2. The molecule has 0 amide bonds. The number of nitrogens with zero attached hydrogens (tertiary/aromatic N) is 2. The average Bonchev–Trinajstić information content (AvgIpc) is 3.51. The van der Waals surface area contributed by atoms with Gasteiger partial charge in [-0.3, -0.25) is 10.1 Å². The maximum atomic E-state index is 14.5. The molecule has 0 saturated heterocycles. The van der Waals surface area contributed by atoms with E-state index < -0.39 is 15.8 Å². The van der Waals surface area contributed by atoms with Gasteiger partial charge < -0.3 is 4.98 Å². The van der Waals surface area contributed by atoms with Gasteiger partial charge in [-0.2, -0.15) is 5.10 Å². The van der Waals surface area contributed by atoms with Crippen LogP contribution in [0.4, 0.5) is 4.39 Å². The van der Waals surface area contributed by atoms with Crippen molar-refractivity contribution in [3.8, 4) is 33.6 Å². The van der Waals surface area contributed by atoms with E-state index in [9.17, 15) is 12.8 Å². The second-order valence-electron chi connectivity index (χ2n) is 8.97. The van der Waals surface area contributed by atoms with E-state index in [1.807, 2.05) is 30.3 Å². The number of fused-ring (bicyclic) bond motifs is 2. The number of hydrogen-bond acceptors (Lipinski definition) is 4. The van der Waals surface area contributed by atoms with Gasteiger partial charge >= 0.3 is 0 Å². The summed E-state index contributed by atoms with van der Waals surface area (Å²) in [6.45, 7) is -0.00556. The SMILES string of the molecule is CS(=O)(=O)NCc1cc(F)cc(-c2cncc3[nH]c(-c4n[nH]c5ccc(-c6ccccc6)cc45)cc23)c1. The van der Waals surface area contributed by atoms with Crippen LogP contribution in [0, 0.1) is 5.82 Å². The van der Waals surface area contributed by atoms with Gasteiger partial charge in [0.15, 0.2) is 0 Å². The van der Waals surface area contributed by atoms with Gasteiger partial charge in [-0.1, -0.05) is 36.4 Å². The predicted molar refractivity (Wildman–Crippen MR) is 144 cm³/mol. The van der Waals surface area contributed by atoms with Crippen LogP contribution in [0.2, 0.25) is 0 Å². The molecule has 0 radical (unpaired) electrons. The number of H-pyrrole nitrogens is 2. The van der Waals surface area contributed by atoms with E-state index in [1.165, 1.54) is 12.1 Å². The van der Waals surface area contributed by atoms with Crippen molar-refractivity contribution in [2.24, 2.45) is 0 Å². The highest BCUT2D eigenvalue weighted by Crippen LogP contribution is 2.35. The lowest BCUT2D eigenvalue weighted by atomic mass is 10.0. The number of aromatic nitrogens is 4. The maximum absolute atomic E-state index is 14.5. The molecule has 3 heterocycles. The van der Waals surface area contributed by atoms with Crippen LogP contribution in [-0.4, -0.2) is 34.8 Å². The Balaban J connectivity index is 1.44. The molecule has 184 valence electrons. The second kappa shape index (κ2) is 8.95. The fourth-order valence-corrected chi connectivity index (χ4v) is 4.99. The van der Waals surface area contributed by atoms with Gasteiger partial charge in [0.05, 0.1) is 29.2 Å². The molecular weight excluding hydrogens is 489 g/mol. The summed E-state index contributed by atoms with van der Waals surface area (Å²) in [5.41, 5.74) is 7.32. The van der Waals surface area contributed by atoms with Crippen LogP contribution in [0.15, 0.2) is 85.2 Å². The Kier molecular flexibility index (Phi) is 5.58. The lowest BCUT2D eigenvalue weighted by molar-refractivity contribution is 0.586. The Morgan fingerprint density at radius 3 is 2.51 bits per heavy atom. The van der Waals surface area contributed by atoms with Gasteiger partial charge in [0.1, 0.15) is 11.5 Å². The zero-order valence-electron chi connectivity index (χ0n) is 19.8. The third-order valence-electron chi connectivity index (χ3n) is 6.28. The minimum atomic E-state index is -3.41. The van der Waals surface area contributed by atoms with Crippen molar-refractivity contribution in [2.45, 2.75) is 6.54 Å². The molecule has 0 fully saturated rings. The standard InChI is InChI=1S/C28H22FN5O2S/c1-37(35,36)31-14-17-9-20(11-21(29)10-17)24-15-30-16-27-22(24)13-26(32-27)28-23-12-19(7-8-25(23)33-34-28)18-5-3-2-4-6-18/h2-13,15-16,31-32H,14H2,1H3,(H,33,34). The molecule has 3 N–H and O–H groups in total. The van der Waals surface area contributed by atoms with E-state index in [4.69, 9.17) is 0 Å². The molecule has 0 spiro atoms. The first-order chi connectivity index (χ1) is 17.8. The predicted octanol–water partition coefficient (Wildman–Crippen LogP) is 5.63. The van der Waals surface area contributed by atoms with Crippen LogP contribution < -0.4 is 4.72 Å². The average molecular weight is 512 g/mol. The molecule has 3 aromatic heterocycles. The lowest BCUT2D eigenvalue weighted by Gasteiger charge is -2.08. The van der Waals surface area contributed by atoms with Crippen molar-refractivity contribution >= 4 is 31.8 Å². The third kappa shape index (κ3) is 4.62. The van der Waals surface area contributed by atoms with Gasteiger partial charge in [0.25, 0.3) is 0 Å². The number of pyridine rings is 1.